The number of nitrogens with one attached hydrogen (secondary N) is 2. The van der Waals surface area contributed by atoms with E-state index in [2.05, 4.69) is 15.3 Å². The number of nitrogens with zero attached hydrogens (tertiary/aromatic N) is 2. The summed E-state index contributed by atoms with van der Waals surface area (Å²) in [6.45, 7) is 1.56. The van der Waals surface area contributed by atoms with Gasteiger partial charge in [0.05, 0.1) is 37.0 Å². The summed E-state index contributed by atoms with van der Waals surface area (Å²) < 4.78 is 5.16. The summed E-state index contributed by atoms with van der Waals surface area (Å²) in [6, 6.07) is 13.7. The summed E-state index contributed by atoms with van der Waals surface area (Å²) in [5, 5.41) is 3.32. The second-order valence-corrected chi connectivity index (χ2v) is 7.01. The molecule has 0 spiro atoms. The van der Waals surface area contributed by atoms with E-state index in [4.69, 9.17) is 4.74 Å². The van der Waals surface area contributed by atoms with E-state index in [0.717, 1.165) is 5.56 Å². The van der Waals surface area contributed by atoms with Crippen LogP contribution >= 0.6 is 0 Å². The van der Waals surface area contributed by atoms with Crippen LogP contribution < -0.4 is 15.6 Å². The first kappa shape index (κ1) is 21.0. The van der Waals surface area contributed by atoms with E-state index in [9.17, 15) is 14.4 Å². The molecule has 30 heavy (non-hydrogen) atoms. The van der Waals surface area contributed by atoms with Gasteiger partial charge in [0.25, 0.3) is 5.56 Å². The number of para-hydroxylation sites is 1. The maximum atomic E-state index is 12.8. The number of ether oxygens (including phenoxy) is 1. The van der Waals surface area contributed by atoms with Gasteiger partial charge in [-0.25, -0.2) is 4.98 Å². The molecule has 0 bridgehead atoms. The molecule has 1 atom stereocenters. The number of methoxy groups -OCH3 is 1. The van der Waals surface area contributed by atoms with E-state index < -0.39 is 6.04 Å². The Morgan fingerprint density at radius 3 is 2.53 bits per heavy atom. The minimum absolute atomic E-state index is 0.0697. The fraction of sp³-hybridized carbons (Fsp3) is 0.273. The number of rotatable bonds is 7. The molecule has 3 aromatic rings. The van der Waals surface area contributed by atoms with Crippen molar-refractivity contribution in [3.05, 3.63) is 70.3 Å². The fourth-order valence-electron chi connectivity index (χ4n) is 3.19. The molecule has 2 N–H and O–H groups in total. The highest BCUT2D eigenvalue weighted by Gasteiger charge is 2.20. The van der Waals surface area contributed by atoms with Gasteiger partial charge in [0, 0.05) is 14.0 Å². The third kappa shape index (κ3) is 5.02. The number of carbonyl (C=O) groups excluding carboxylic acids is 2. The minimum Gasteiger partial charge on any atom is -0.497 e. The Hall–Kier alpha value is -3.68. The standard InChI is InChI=1S/C22H24N4O4/c1-14(27)23-19(15-8-10-16(30-3)11-9-15)12-21(28)26(2)13-20-24-18-7-5-4-6-17(18)22(29)25-20/h4-11,19H,12-13H2,1-3H3,(H,23,27)(H,24,25,29)/t19-/m0/s1. The number of hydrogen-bond donors (Lipinski definition) is 2. The zero-order chi connectivity index (χ0) is 21.7. The minimum atomic E-state index is -0.480. The van der Waals surface area contributed by atoms with Crippen LogP contribution in [0, 0.1) is 0 Å². The van der Waals surface area contributed by atoms with Gasteiger partial charge in [-0.2, -0.15) is 0 Å². The molecule has 0 fully saturated rings. The fourth-order valence-corrected chi connectivity index (χ4v) is 3.19. The number of aromatic amines is 1. The highest BCUT2D eigenvalue weighted by Crippen LogP contribution is 2.21. The summed E-state index contributed by atoms with van der Waals surface area (Å²) >= 11 is 0. The molecular formula is C22H24N4O4. The van der Waals surface area contributed by atoms with Crippen LogP contribution in [-0.2, 0) is 16.1 Å². The largest absolute Gasteiger partial charge is 0.497 e. The number of aromatic nitrogens is 2. The molecule has 0 unspecified atom stereocenters. The molecule has 156 valence electrons. The molecule has 1 aromatic heterocycles. The first-order chi connectivity index (χ1) is 14.4. The first-order valence-corrected chi connectivity index (χ1v) is 9.50. The van der Waals surface area contributed by atoms with Crippen molar-refractivity contribution in [2.45, 2.75) is 25.9 Å². The van der Waals surface area contributed by atoms with Gasteiger partial charge in [0.2, 0.25) is 11.8 Å². The van der Waals surface area contributed by atoms with Crippen molar-refractivity contribution < 1.29 is 14.3 Å². The second-order valence-electron chi connectivity index (χ2n) is 7.01. The molecule has 8 heteroatoms. The molecular weight excluding hydrogens is 384 g/mol. The lowest BCUT2D eigenvalue weighted by molar-refractivity contribution is -0.131. The predicted octanol–water partition coefficient (Wildman–Crippen LogP) is 2.16. The zero-order valence-corrected chi connectivity index (χ0v) is 17.1. The molecule has 0 aliphatic carbocycles. The van der Waals surface area contributed by atoms with E-state index in [1.165, 1.54) is 11.8 Å². The summed E-state index contributed by atoms with van der Waals surface area (Å²) in [7, 11) is 3.21. The van der Waals surface area contributed by atoms with Gasteiger partial charge in [-0.1, -0.05) is 24.3 Å². The Bertz CT molecular complexity index is 1110. The molecule has 0 radical (unpaired) electrons. The molecule has 2 aromatic carbocycles. The van der Waals surface area contributed by atoms with E-state index >= 15 is 0 Å². The quantitative estimate of drug-likeness (QED) is 0.623. The molecule has 1 heterocycles. The average molecular weight is 408 g/mol. The number of benzene rings is 2. The topological polar surface area (TPSA) is 104 Å². The molecule has 0 saturated heterocycles. The lowest BCUT2D eigenvalue weighted by Gasteiger charge is -2.22. The number of hydrogen-bond acceptors (Lipinski definition) is 5. The summed E-state index contributed by atoms with van der Waals surface area (Å²) in [5.41, 5.74) is 1.13. The Morgan fingerprint density at radius 1 is 1.17 bits per heavy atom. The summed E-state index contributed by atoms with van der Waals surface area (Å²) in [6.07, 6.45) is 0.0697. The number of carbonyl (C=O) groups is 2. The van der Waals surface area contributed by atoms with Crippen molar-refractivity contribution in [3.63, 3.8) is 0 Å². The van der Waals surface area contributed by atoms with E-state index in [1.807, 2.05) is 12.1 Å². The van der Waals surface area contributed by atoms with Crippen LogP contribution in [0.25, 0.3) is 10.9 Å². The Balaban J connectivity index is 1.74. The van der Waals surface area contributed by atoms with Gasteiger partial charge in [-0.3, -0.25) is 14.4 Å². The van der Waals surface area contributed by atoms with Crippen molar-refractivity contribution in [1.82, 2.24) is 20.2 Å². The average Bonchev–Trinajstić information content (AvgIpc) is 2.73. The van der Waals surface area contributed by atoms with Crippen LogP contribution in [0.2, 0.25) is 0 Å². The Labute approximate surface area is 173 Å². The molecule has 0 aliphatic heterocycles. The van der Waals surface area contributed by atoms with Gasteiger partial charge in [-0.15, -0.1) is 0 Å². The second kappa shape index (κ2) is 9.21. The van der Waals surface area contributed by atoms with Gasteiger partial charge in [-0.05, 0) is 29.8 Å². The zero-order valence-electron chi connectivity index (χ0n) is 17.1. The lowest BCUT2D eigenvalue weighted by Crippen LogP contribution is -2.34. The highest BCUT2D eigenvalue weighted by atomic mass is 16.5. The normalized spacial score (nSPS) is 11.7. The number of H-pyrrole nitrogens is 1. The highest BCUT2D eigenvalue weighted by molar-refractivity contribution is 5.79. The first-order valence-electron chi connectivity index (χ1n) is 9.50. The number of fused-ring (bicyclic) bond motifs is 1. The molecule has 0 saturated carbocycles. The lowest BCUT2D eigenvalue weighted by atomic mass is 10.0. The molecule has 3 rings (SSSR count). The van der Waals surface area contributed by atoms with E-state index in [1.54, 1.807) is 50.6 Å². The summed E-state index contributed by atoms with van der Waals surface area (Å²) in [4.78, 5) is 45.3. The maximum Gasteiger partial charge on any atom is 0.258 e. The third-order valence-electron chi connectivity index (χ3n) is 4.75. The van der Waals surface area contributed by atoms with Crippen molar-refractivity contribution >= 4 is 22.7 Å². The summed E-state index contributed by atoms with van der Waals surface area (Å²) in [5.74, 6) is 0.664. The van der Waals surface area contributed by atoms with Gasteiger partial charge >= 0.3 is 0 Å². The monoisotopic (exact) mass is 408 g/mol. The molecule has 2 amide bonds. The van der Waals surface area contributed by atoms with E-state index in [0.29, 0.717) is 22.5 Å². The van der Waals surface area contributed by atoms with Crippen molar-refractivity contribution in [2.24, 2.45) is 0 Å². The van der Waals surface area contributed by atoms with Gasteiger partial charge in [0.15, 0.2) is 0 Å². The Kier molecular flexibility index (Phi) is 6.46. The number of amides is 2. The van der Waals surface area contributed by atoms with E-state index in [-0.39, 0.29) is 30.3 Å². The van der Waals surface area contributed by atoms with Crippen LogP contribution in [-0.4, -0.2) is 40.8 Å². The SMILES string of the molecule is COc1ccc([C@H](CC(=O)N(C)Cc2nc3ccccc3c(=O)[nH]2)NC(C)=O)cc1. The molecule has 0 aliphatic rings. The Morgan fingerprint density at radius 2 is 1.87 bits per heavy atom. The van der Waals surface area contributed by atoms with Crippen LogP contribution in [0.4, 0.5) is 0 Å². The van der Waals surface area contributed by atoms with Gasteiger partial charge < -0.3 is 19.9 Å². The maximum absolute atomic E-state index is 12.8. The van der Waals surface area contributed by atoms with Crippen LogP contribution in [0.3, 0.4) is 0 Å². The van der Waals surface area contributed by atoms with Crippen LogP contribution in [0.5, 0.6) is 5.75 Å². The van der Waals surface area contributed by atoms with Crippen molar-refractivity contribution in [2.75, 3.05) is 14.2 Å². The smallest absolute Gasteiger partial charge is 0.258 e. The molecule has 8 nitrogen and oxygen atoms in total. The van der Waals surface area contributed by atoms with Crippen LogP contribution in [0.1, 0.15) is 30.8 Å². The van der Waals surface area contributed by atoms with Crippen molar-refractivity contribution in [3.8, 4) is 5.75 Å². The van der Waals surface area contributed by atoms with Crippen LogP contribution in [0.15, 0.2) is 53.3 Å². The van der Waals surface area contributed by atoms with Gasteiger partial charge in [0.1, 0.15) is 11.6 Å². The third-order valence-corrected chi connectivity index (χ3v) is 4.75. The predicted molar refractivity (Wildman–Crippen MR) is 113 cm³/mol. The van der Waals surface area contributed by atoms with Crippen molar-refractivity contribution in [1.29, 1.82) is 0 Å².